The fraction of sp³-hybridized carbons (Fsp3) is 0.375. The van der Waals surface area contributed by atoms with Crippen LogP contribution in [0.2, 0.25) is 0 Å². The second-order valence-electron chi connectivity index (χ2n) is 7.90. The molecule has 0 aliphatic rings. The van der Waals surface area contributed by atoms with Crippen LogP contribution in [0.5, 0.6) is 0 Å². The maximum Gasteiger partial charge on any atom is 0.317 e. The van der Waals surface area contributed by atoms with E-state index < -0.39 is 18.1 Å². The van der Waals surface area contributed by atoms with Gasteiger partial charge in [-0.25, -0.2) is 0 Å². The van der Waals surface area contributed by atoms with Crippen LogP contribution < -0.4 is 16.0 Å². The fourth-order valence-electron chi connectivity index (χ4n) is 3.22. The molecule has 2 atom stereocenters. The van der Waals surface area contributed by atoms with E-state index in [9.17, 15) is 14.4 Å². The standard InChI is InChI=1S/C24H31N3O4/c1-17(2)15-21(24(31)26-19-11-7-4-8-12-19)27-23(30)20(25-16-22(28)29)14-13-18-9-5-3-6-10-18/h3-12,17,20-21,25H,13-16H2,1-2H3,(H,26,31)(H,27,30)(H,28,29). The lowest BCUT2D eigenvalue weighted by Gasteiger charge is -2.24. The molecule has 4 N–H and O–H groups in total. The van der Waals surface area contributed by atoms with Crippen LogP contribution in [0.25, 0.3) is 0 Å². The van der Waals surface area contributed by atoms with Crippen LogP contribution in [0.1, 0.15) is 32.3 Å². The van der Waals surface area contributed by atoms with Crippen LogP contribution in [0.3, 0.4) is 0 Å². The molecule has 0 radical (unpaired) electrons. The molecular weight excluding hydrogens is 394 g/mol. The Kier molecular flexibility index (Phi) is 9.71. The molecule has 2 amide bonds. The normalized spacial score (nSPS) is 12.7. The summed E-state index contributed by atoms with van der Waals surface area (Å²) in [5.74, 6) is -1.54. The predicted octanol–water partition coefficient (Wildman–Crippen LogP) is 2.83. The second-order valence-corrected chi connectivity index (χ2v) is 7.90. The summed E-state index contributed by atoms with van der Waals surface area (Å²) < 4.78 is 0. The van der Waals surface area contributed by atoms with E-state index in [0.29, 0.717) is 24.9 Å². The van der Waals surface area contributed by atoms with Gasteiger partial charge < -0.3 is 15.7 Å². The van der Waals surface area contributed by atoms with Crippen LogP contribution in [0.4, 0.5) is 5.69 Å². The van der Waals surface area contributed by atoms with Crippen molar-refractivity contribution in [1.29, 1.82) is 0 Å². The molecule has 7 heteroatoms. The third kappa shape index (κ3) is 9.00. The summed E-state index contributed by atoms with van der Waals surface area (Å²) in [6, 6.07) is 17.3. The van der Waals surface area contributed by atoms with Crippen molar-refractivity contribution in [2.75, 3.05) is 11.9 Å². The molecule has 0 fully saturated rings. The molecule has 2 rings (SSSR count). The van der Waals surface area contributed by atoms with E-state index in [2.05, 4.69) is 16.0 Å². The number of aryl methyl sites for hydroxylation is 1. The Morgan fingerprint density at radius 2 is 1.48 bits per heavy atom. The summed E-state index contributed by atoms with van der Waals surface area (Å²) in [6.45, 7) is 3.62. The maximum atomic E-state index is 13.0. The topological polar surface area (TPSA) is 108 Å². The van der Waals surface area contributed by atoms with Crippen LogP contribution in [-0.2, 0) is 20.8 Å². The number of benzene rings is 2. The molecule has 0 aromatic heterocycles. The third-order valence-electron chi connectivity index (χ3n) is 4.76. The largest absolute Gasteiger partial charge is 0.480 e. The Morgan fingerprint density at radius 1 is 0.871 bits per heavy atom. The van der Waals surface area contributed by atoms with Gasteiger partial charge in [0.05, 0.1) is 12.6 Å². The molecule has 0 aliphatic heterocycles. The average Bonchev–Trinajstić information content (AvgIpc) is 2.74. The van der Waals surface area contributed by atoms with E-state index in [4.69, 9.17) is 5.11 Å². The van der Waals surface area contributed by atoms with Crippen molar-refractivity contribution in [3.63, 3.8) is 0 Å². The SMILES string of the molecule is CC(C)CC(NC(=O)C(CCc1ccccc1)NCC(=O)O)C(=O)Nc1ccccc1. The minimum Gasteiger partial charge on any atom is -0.480 e. The van der Waals surface area contributed by atoms with Crippen molar-refractivity contribution in [3.8, 4) is 0 Å². The minimum absolute atomic E-state index is 0.182. The molecule has 7 nitrogen and oxygen atoms in total. The number of amides is 2. The van der Waals surface area contributed by atoms with Gasteiger partial charge in [-0.2, -0.15) is 0 Å². The highest BCUT2D eigenvalue weighted by molar-refractivity contribution is 5.97. The van der Waals surface area contributed by atoms with Crippen molar-refractivity contribution in [1.82, 2.24) is 10.6 Å². The van der Waals surface area contributed by atoms with E-state index in [0.717, 1.165) is 5.56 Å². The van der Waals surface area contributed by atoms with Crippen molar-refractivity contribution in [2.24, 2.45) is 5.92 Å². The zero-order valence-corrected chi connectivity index (χ0v) is 18.0. The average molecular weight is 426 g/mol. The maximum absolute atomic E-state index is 13.0. The minimum atomic E-state index is -1.04. The number of hydrogen-bond donors (Lipinski definition) is 4. The van der Waals surface area contributed by atoms with Gasteiger partial charge in [0.2, 0.25) is 11.8 Å². The van der Waals surface area contributed by atoms with Gasteiger partial charge >= 0.3 is 5.97 Å². The lowest BCUT2D eigenvalue weighted by Crippen LogP contribution is -2.52. The molecule has 2 unspecified atom stereocenters. The number of carboxylic acids is 1. The number of carboxylic acid groups (broad SMARTS) is 1. The summed E-state index contributed by atoms with van der Waals surface area (Å²) >= 11 is 0. The van der Waals surface area contributed by atoms with Crippen LogP contribution in [0, 0.1) is 5.92 Å². The molecule has 0 bridgehead atoms. The van der Waals surface area contributed by atoms with Crippen molar-refractivity contribution in [2.45, 2.75) is 45.2 Å². The Labute approximate surface area is 183 Å². The van der Waals surface area contributed by atoms with Gasteiger partial charge in [0.25, 0.3) is 0 Å². The van der Waals surface area contributed by atoms with Crippen molar-refractivity contribution < 1.29 is 19.5 Å². The molecule has 2 aromatic rings. The van der Waals surface area contributed by atoms with E-state index in [1.165, 1.54) is 0 Å². The Morgan fingerprint density at radius 3 is 2.06 bits per heavy atom. The second kappa shape index (κ2) is 12.5. The van der Waals surface area contributed by atoms with E-state index in [-0.39, 0.29) is 24.3 Å². The lowest BCUT2D eigenvalue weighted by atomic mass is 10.0. The number of para-hydroxylation sites is 1. The van der Waals surface area contributed by atoms with Gasteiger partial charge in [-0.1, -0.05) is 62.4 Å². The quantitative estimate of drug-likeness (QED) is 0.418. The summed E-state index contributed by atoms with van der Waals surface area (Å²) in [5, 5.41) is 17.5. The third-order valence-corrected chi connectivity index (χ3v) is 4.76. The summed E-state index contributed by atoms with van der Waals surface area (Å²) in [7, 11) is 0. The predicted molar refractivity (Wildman–Crippen MR) is 121 cm³/mol. The highest BCUT2D eigenvalue weighted by Gasteiger charge is 2.26. The number of carbonyl (C=O) groups is 3. The van der Waals surface area contributed by atoms with E-state index in [1.807, 2.05) is 62.4 Å². The summed E-state index contributed by atoms with van der Waals surface area (Å²) in [5.41, 5.74) is 1.71. The van der Waals surface area contributed by atoms with Gasteiger partial charge in [0.1, 0.15) is 6.04 Å². The van der Waals surface area contributed by atoms with Crippen molar-refractivity contribution >= 4 is 23.5 Å². The zero-order valence-electron chi connectivity index (χ0n) is 18.0. The van der Waals surface area contributed by atoms with Crippen LogP contribution in [-0.4, -0.2) is 41.5 Å². The van der Waals surface area contributed by atoms with E-state index in [1.54, 1.807) is 12.1 Å². The molecule has 0 aliphatic carbocycles. The number of aliphatic carboxylic acids is 1. The smallest absolute Gasteiger partial charge is 0.317 e. The number of nitrogens with one attached hydrogen (secondary N) is 3. The fourth-order valence-corrected chi connectivity index (χ4v) is 3.22. The number of rotatable bonds is 12. The highest BCUT2D eigenvalue weighted by Crippen LogP contribution is 2.11. The lowest BCUT2D eigenvalue weighted by molar-refractivity contribution is -0.136. The monoisotopic (exact) mass is 425 g/mol. The molecular formula is C24H31N3O4. The summed E-state index contributed by atoms with van der Waals surface area (Å²) in [6.07, 6.45) is 1.49. The first-order chi connectivity index (χ1) is 14.8. The van der Waals surface area contributed by atoms with Gasteiger partial charge in [0, 0.05) is 5.69 Å². The van der Waals surface area contributed by atoms with E-state index >= 15 is 0 Å². The zero-order chi connectivity index (χ0) is 22.6. The number of carbonyl (C=O) groups excluding carboxylic acids is 2. The van der Waals surface area contributed by atoms with Gasteiger partial charge in [-0.3, -0.25) is 19.7 Å². The first kappa shape index (κ1) is 24.1. The first-order valence-electron chi connectivity index (χ1n) is 10.5. The van der Waals surface area contributed by atoms with Gasteiger partial charge in [-0.15, -0.1) is 0 Å². The van der Waals surface area contributed by atoms with Crippen LogP contribution in [0.15, 0.2) is 60.7 Å². The Hall–Kier alpha value is -3.19. The summed E-state index contributed by atoms with van der Waals surface area (Å²) in [4.78, 5) is 36.8. The van der Waals surface area contributed by atoms with Crippen LogP contribution >= 0.6 is 0 Å². The molecule has 0 saturated carbocycles. The number of hydrogen-bond acceptors (Lipinski definition) is 4. The molecule has 166 valence electrons. The molecule has 2 aromatic carbocycles. The molecule has 0 spiro atoms. The van der Waals surface area contributed by atoms with Crippen molar-refractivity contribution in [3.05, 3.63) is 66.2 Å². The molecule has 31 heavy (non-hydrogen) atoms. The first-order valence-corrected chi connectivity index (χ1v) is 10.5. The Bertz CT molecular complexity index is 840. The Balaban J connectivity index is 2.07. The number of anilines is 1. The van der Waals surface area contributed by atoms with Gasteiger partial charge in [0.15, 0.2) is 0 Å². The molecule has 0 heterocycles. The molecule has 0 saturated heterocycles. The van der Waals surface area contributed by atoms with Gasteiger partial charge in [-0.05, 0) is 42.9 Å². The highest BCUT2D eigenvalue weighted by atomic mass is 16.4.